The van der Waals surface area contributed by atoms with E-state index in [-0.39, 0.29) is 11.2 Å². The van der Waals surface area contributed by atoms with E-state index in [2.05, 4.69) is 10.0 Å². The summed E-state index contributed by atoms with van der Waals surface area (Å²) >= 11 is 1.24. The van der Waals surface area contributed by atoms with Gasteiger partial charge >= 0.3 is 0 Å². The van der Waals surface area contributed by atoms with E-state index in [1.807, 2.05) is 6.92 Å². The van der Waals surface area contributed by atoms with Gasteiger partial charge in [0.2, 0.25) is 12.8 Å². The highest BCUT2D eigenvalue weighted by molar-refractivity contribution is 7.99. The van der Waals surface area contributed by atoms with Crippen LogP contribution in [0.15, 0.2) is 0 Å². The van der Waals surface area contributed by atoms with Crippen LogP contribution in [0.4, 0.5) is 8.78 Å². The maximum absolute atomic E-state index is 12.5. The molecule has 0 spiro atoms. The number of hydrogen-bond acceptors (Lipinski definition) is 3. The summed E-state index contributed by atoms with van der Waals surface area (Å²) in [6.45, 7) is 3.21. The van der Waals surface area contributed by atoms with Gasteiger partial charge in [-0.05, 0) is 31.7 Å². The van der Waals surface area contributed by atoms with Crippen molar-refractivity contribution in [3.8, 4) is 0 Å². The highest BCUT2D eigenvalue weighted by atomic mass is 32.2. The first-order valence-corrected chi connectivity index (χ1v) is 6.17. The van der Waals surface area contributed by atoms with Crippen molar-refractivity contribution in [2.24, 2.45) is 5.92 Å². The highest BCUT2D eigenvalue weighted by Gasteiger charge is 2.40. The second kappa shape index (κ2) is 5.66. The predicted octanol–water partition coefficient (Wildman–Crippen LogP) is 1.32. The van der Waals surface area contributed by atoms with Gasteiger partial charge in [0, 0.05) is 10.7 Å². The molecule has 0 heterocycles. The number of amides is 2. The van der Waals surface area contributed by atoms with Gasteiger partial charge in [-0.25, -0.2) is 8.78 Å². The summed E-state index contributed by atoms with van der Waals surface area (Å²) in [4.78, 5) is 22.0. The van der Waals surface area contributed by atoms with Crippen LogP contribution in [0, 0.1) is 5.92 Å². The molecule has 0 saturated heterocycles. The van der Waals surface area contributed by atoms with Crippen molar-refractivity contribution in [3.05, 3.63) is 0 Å². The van der Waals surface area contributed by atoms with Crippen molar-refractivity contribution in [2.75, 3.05) is 0 Å². The molecule has 1 unspecified atom stereocenters. The number of nitrogens with one attached hydrogen (secondary N) is 2. The van der Waals surface area contributed by atoms with Gasteiger partial charge in [-0.1, -0.05) is 6.92 Å². The minimum Gasteiger partial charge on any atom is -0.346 e. The number of halogens is 2. The molecule has 0 aromatic carbocycles. The highest BCUT2D eigenvalue weighted by Crippen LogP contribution is 2.46. The zero-order valence-electron chi connectivity index (χ0n) is 9.70. The Bertz CT molecular complexity index is 298. The number of hydrogen-bond donors (Lipinski definition) is 2. The third kappa shape index (κ3) is 4.14. The van der Waals surface area contributed by atoms with Crippen molar-refractivity contribution in [2.45, 2.75) is 43.9 Å². The minimum atomic E-state index is -2.65. The molecule has 1 aliphatic carbocycles. The average molecular weight is 266 g/mol. The Hall–Kier alpha value is -0.850. The molecule has 7 heteroatoms. The van der Waals surface area contributed by atoms with E-state index in [9.17, 15) is 18.4 Å². The first-order chi connectivity index (χ1) is 7.89. The molecule has 2 amide bonds. The van der Waals surface area contributed by atoms with E-state index in [1.165, 1.54) is 18.9 Å². The average Bonchev–Trinajstić information content (AvgIpc) is 3.00. The summed E-state index contributed by atoms with van der Waals surface area (Å²) in [5, 5.41) is 2.13. The van der Waals surface area contributed by atoms with Crippen LogP contribution in [0.2, 0.25) is 0 Å². The third-order valence-corrected chi connectivity index (χ3v) is 4.01. The molecule has 0 bridgehead atoms. The fraction of sp³-hybridized carbons (Fsp3) is 0.800. The summed E-state index contributed by atoms with van der Waals surface area (Å²) in [6.07, 6.45) is -0.394. The summed E-state index contributed by atoms with van der Waals surface area (Å²) < 4.78 is 27.6. The van der Waals surface area contributed by atoms with Gasteiger partial charge in [-0.3, -0.25) is 14.3 Å². The molecule has 4 nitrogen and oxygen atoms in total. The first-order valence-electron chi connectivity index (χ1n) is 5.35. The molecule has 1 rings (SSSR count). The Morgan fingerprint density at radius 2 is 2.06 bits per heavy atom. The van der Waals surface area contributed by atoms with E-state index in [1.54, 1.807) is 0 Å². The molecule has 98 valence electrons. The van der Waals surface area contributed by atoms with Gasteiger partial charge in [0.1, 0.15) is 6.04 Å². The Morgan fingerprint density at radius 3 is 2.47 bits per heavy atom. The lowest BCUT2D eigenvalue weighted by atomic mass is 10.0. The second-order valence-electron chi connectivity index (χ2n) is 4.47. The lowest BCUT2D eigenvalue weighted by Gasteiger charge is -2.22. The predicted molar refractivity (Wildman–Crippen MR) is 61.5 cm³/mol. The van der Waals surface area contributed by atoms with Crippen LogP contribution in [0.1, 0.15) is 26.7 Å². The number of alkyl halides is 2. The van der Waals surface area contributed by atoms with Crippen LogP contribution in [-0.4, -0.2) is 29.5 Å². The quantitative estimate of drug-likeness (QED) is 0.540. The Labute approximate surface area is 103 Å². The fourth-order valence-electron chi connectivity index (χ4n) is 1.20. The molecule has 1 fully saturated rings. The summed E-state index contributed by atoms with van der Waals surface area (Å²) in [6, 6.07) is -1.19. The molecule has 2 atom stereocenters. The van der Waals surface area contributed by atoms with Gasteiger partial charge in [-0.2, -0.15) is 0 Å². The normalized spacial score (nSPS) is 20.5. The zero-order chi connectivity index (χ0) is 13.1. The summed E-state index contributed by atoms with van der Waals surface area (Å²) in [7, 11) is 0. The molecule has 0 aromatic heterocycles. The standard InChI is InChI=1S/C10H16F2N2O2S/c1-6(8(11)12)7(13-5-15)9(16)14-17-10(2)3-4-10/h5-8H,3-4H2,1-2H3,(H,13,15)(H,14,16)/t6-,7?/m1/s1. The fourth-order valence-corrected chi connectivity index (χ4v) is 1.98. The lowest BCUT2D eigenvalue weighted by Crippen LogP contribution is -2.48. The summed E-state index contributed by atoms with van der Waals surface area (Å²) in [5.74, 6) is -1.80. The van der Waals surface area contributed by atoms with E-state index < -0.39 is 24.3 Å². The Kier molecular flexibility index (Phi) is 4.73. The van der Waals surface area contributed by atoms with Crippen molar-refractivity contribution in [1.82, 2.24) is 10.0 Å². The second-order valence-corrected chi connectivity index (χ2v) is 5.87. The minimum absolute atomic E-state index is 0.0233. The van der Waals surface area contributed by atoms with Crippen molar-refractivity contribution in [1.29, 1.82) is 0 Å². The summed E-state index contributed by atoms with van der Waals surface area (Å²) in [5.41, 5.74) is 0. The van der Waals surface area contributed by atoms with Gasteiger partial charge in [0.15, 0.2) is 0 Å². The lowest BCUT2D eigenvalue weighted by molar-refractivity contribution is -0.126. The topological polar surface area (TPSA) is 58.2 Å². The molecule has 2 N–H and O–H groups in total. The molecular weight excluding hydrogens is 250 g/mol. The molecule has 0 aromatic rings. The van der Waals surface area contributed by atoms with Crippen LogP contribution in [0.5, 0.6) is 0 Å². The van der Waals surface area contributed by atoms with Gasteiger partial charge in [0.25, 0.3) is 5.91 Å². The molecule has 1 saturated carbocycles. The van der Waals surface area contributed by atoms with Gasteiger partial charge < -0.3 is 5.32 Å². The van der Waals surface area contributed by atoms with Gasteiger partial charge in [0.05, 0.1) is 0 Å². The first kappa shape index (κ1) is 14.2. The molecule has 1 aliphatic rings. The molecule has 17 heavy (non-hydrogen) atoms. The Morgan fingerprint density at radius 1 is 1.47 bits per heavy atom. The van der Waals surface area contributed by atoms with Crippen LogP contribution in [0.3, 0.4) is 0 Å². The number of carbonyl (C=O) groups is 2. The number of carbonyl (C=O) groups excluding carboxylic acids is 2. The van der Waals surface area contributed by atoms with E-state index >= 15 is 0 Å². The van der Waals surface area contributed by atoms with Gasteiger partial charge in [-0.15, -0.1) is 0 Å². The van der Waals surface area contributed by atoms with E-state index in [4.69, 9.17) is 0 Å². The molecular formula is C10H16F2N2O2S. The van der Waals surface area contributed by atoms with Crippen molar-refractivity contribution >= 4 is 24.3 Å². The van der Waals surface area contributed by atoms with Crippen LogP contribution >= 0.6 is 11.9 Å². The van der Waals surface area contributed by atoms with Crippen molar-refractivity contribution < 1.29 is 18.4 Å². The zero-order valence-corrected chi connectivity index (χ0v) is 10.5. The monoisotopic (exact) mass is 266 g/mol. The van der Waals surface area contributed by atoms with E-state index in [0.29, 0.717) is 0 Å². The smallest absolute Gasteiger partial charge is 0.252 e. The largest absolute Gasteiger partial charge is 0.346 e. The van der Waals surface area contributed by atoms with Crippen LogP contribution in [0.25, 0.3) is 0 Å². The number of rotatable bonds is 7. The SMILES string of the molecule is C[C@@H](C(F)F)C(NC=O)C(=O)NSC1(C)CC1. The Balaban J connectivity index is 2.50. The third-order valence-electron chi connectivity index (χ3n) is 2.81. The maximum atomic E-state index is 12.5. The van der Waals surface area contributed by atoms with Crippen molar-refractivity contribution in [3.63, 3.8) is 0 Å². The molecule has 0 aliphatic heterocycles. The maximum Gasteiger partial charge on any atom is 0.252 e. The van der Waals surface area contributed by atoms with Crippen LogP contribution < -0.4 is 10.0 Å². The molecule has 0 radical (unpaired) electrons. The van der Waals surface area contributed by atoms with E-state index in [0.717, 1.165) is 12.8 Å². The van der Waals surface area contributed by atoms with Crippen LogP contribution in [-0.2, 0) is 9.59 Å².